The zero-order valence-corrected chi connectivity index (χ0v) is 11.4. The van der Waals surface area contributed by atoms with Crippen LogP contribution < -0.4 is 0 Å². The third-order valence-corrected chi connectivity index (χ3v) is 3.01. The third kappa shape index (κ3) is 4.21. The van der Waals surface area contributed by atoms with E-state index in [0.717, 1.165) is 12.8 Å². The van der Waals surface area contributed by atoms with E-state index in [-0.39, 0.29) is 0 Å². The average molecular weight is 238 g/mol. The Hall–Kier alpha value is -1.82. The van der Waals surface area contributed by atoms with Crippen molar-refractivity contribution in [1.82, 2.24) is 0 Å². The Morgan fingerprint density at radius 1 is 0.833 bits per heavy atom. The van der Waals surface area contributed by atoms with Crippen molar-refractivity contribution in [1.29, 1.82) is 0 Å². The van der Waals surface area contributed by atoms with Crippen molar-refractivity contribution in [3.63, 3.8) is 0 Å². The molecule has 94 valence electrons. The molecule has 1 aromatic carbocycles. The summed E-state index contributed by atoms with van der Waals surface area (Å²) in [6.07, 6.45) is 13.9. The van der Waals surface area contributed by atoms with Gasteiger partial charge >= 0.3 is 0 Å². The van der Waals surface area contributed by atoms with Crippen LogP contribution in [0.4, 0.5) is 0 Å². The Kier molecular flexibility index (Phi) is 5.93. The standard InChI is InChI=1S/C18H22/c1-5-7-9-11-17-13-16(4)18(14-15(17)3)12-10-8-6-2/h5-10,13-14H,1-2,11-12H2,3-4H3/b9-7+,10-8+. The van der Waals surface area contributed by atoms with Crippen molar-refractivity contribution in [3.8, 4) is 0 Å². The van der Waals surface area contributed by atoms with Crippen LogP contribution in [0.15, 0.2) is 61.7 Å². The van der Waals surface area contributed by atoms with Crippen LogP contribution in [0.25, 0.3) is 0 Å². The van der Waals surface area contributed by atoms with Gasteiger partial charge in [0.1, 0.15) is 0 Å². The fraction of sp³-hybridized carbons (Fsp3) is 0.222. The van der Waals surface area contributed by atoms with Crippen molar-refractivity contribution in [2.45, 2.75) is 26.7 Å². The Bertz CT molecular complexity index is 427. The van der Waals surface area contributed by atoms with E-state index >= 15 is 0 Å². The lowest BCUT2D eigenvalue weighted by Gasteiger charge is -2.09. The zero-order valence-electron chi connectivity index (χ0n) is 11.4. The summed E-state index contributed by atoms with van der Waals surface area (Å²) < 4.78 is 0. The monoisotopic (exact) mass is 238 g/mol. The molecule has 0 heterocycles. The SMILES string of the molecule is C=C/C=C/Cc1cc(C)c(C/C=C/C=C)cc1C. The number of hydrogen-bond donors (Lipinski definition) is 0. The molecule has 0 N–H and O–H groups in total. The largest absolute Gasteiger partial charge is 0.0991 e. The molecule has 18 heavy (non-hydrogen) atoms. The molecular formula is C18H22. The first-order chi connectivity index (χ1) is 8.69. The number of rotatable bonds is 6. The van der Waals surface area contributed by atoms with E-state index in [9.17, 15) is 0 Å². The molecule has 0 unspecified atom stereocenters. The molecule has 0 atom stereocenters. The molecule has 0 fully saturated rings. The Morgan fingerprint density at radius 2 is 1.22 bits per heavy atom. The van der Waals surface area contributed by atoms with Crippen molar-refractivity contribution in [2.75, 3.05) is 0 Å². The maximum Gasteiger partial charge on any atom is -0.00916 e. The van der Waals surface area contributed by atoms with Crippen LogP contribution in [-0.4, -0.2) is 0 Å². The second-order valence-corrected chi connectivity index (χ2v) is 4.44. The smallest absolute Gasteiger partial charge is 0.00916 e. The molecular weight excluding hydrogens is 216 g/mol. The van der Waals surface area contributed by atoms with Gasteiger partial charge in [-0.25, -0.2) is 0 Å². The summed E-state index contributed by atoms with van der Waals surface area (Å²) in [6.45, 7) is 11.7. The van der Waals surface area contributed by atoms with Crippen molar-refractivity contribution in [2.24, 2.45) is 0 Å². The van der Waals surface area contributed by atoms with Gasteiger partial charge in [-0.3, -0.25) is 0 Å². The number of allylic oxidation sites excluding steroid dienone is 6. The quantitative estimate of drug-likeness (QED) is 0.620. The molecule has 0 saturated carbocycles. The van der Waals surface area contributed by atoms with Crippen LogP contribution in [0.1, 0.15) is 22.3 Å². The van der Waals surface area contributed by atoms with Crippen LogP contribution in [0.3, 0.4) is 0 Å². The van der Waals surface area contributed by atoms with E-state index in [1.165, 1.54) is 22.3 Å². The predicted molar refractivity (Wildman–Crippen MR) is 82.0 cm³/mol. The van der Waals surface area contributed by atoms with Gasteiger partial charge in [-0.1, -0.05) is 61.7 Å². The molecule has 0 aliphatic rings. The number of benzene rings is 1. The molecule has 0 aromatic heterocycles. The van der Waals surface area contributed by atoms with Gasteiger partial charge in [0.05, 0.1) is 0 Å². The highest BCUT2D eigenvalue weighted by molar-refractivity contribution is 5.39. The maximum absolute atomic E-state index is 3.69. The molecule has 0 saturated heterocycles. The summed E-state index contributed by atoms with van der Waals surface area (Å²) in [5, 5.41) is 0. The van der Waals surface area contributed by atoms with Crippen molar-refractivity contribution >= 4 is 0 Å². The predicted octanol–water partition coefficient (Wildman–Crippen LogP) is 4.87. The van der Waals surface area contributed by atoms with Crippen LogP contribution in [0, 0.1) is 13.8 Å². The summed E-state index contributed by atoms with van der Waals surface area (Å²) in [6, 6.07) is 4.58. The van der Waals surface area contributed by atoms with Crippen molar-refractivity contribution in [3.05, 3.63) is 84.0 Å². The van der Waals surface area contributed by atoms with Crippen molar-refractivity contribution < 1.29 is 0 Å². The molecule has 0 heteroatoms. The lowest BCUT2D eigenvalue weighted by molar-refractivity contribution is 1.13. The lowest BCUT2D eigenvalue weighted by atomic mass is 9.96. The summed E-state index contributed by atoms with van der Waals surface area (Å²) >= 11 is 0. The molecule has 0 aliphatic carbocycles. The van der Waals surface area contributed by atoms with Gasteiger partial charge in [0, 0.05) is 0 Å². The van der Waals surface area contributed by atoms with Crippen LogP contribution in [-0.2, 0) is 12.8 Å². The Labute approximate surface area is 111 Å². The molecule has 0 radical (unpaired) electrons. The topological polar surface area (TPSA) is 0 Å². The maximum atomic E-state index is 3.69. The summed E-state index contributed by atoms with van der Waals surface area (Å²) in [4.78, 5) is 0. The molecule has 0 bridgehead atoms. The van der Waals surface area contributed by atoms with Gasteiger partial charge < -0.3 is 0 Å². The highest BCUT2D eigenvalue weighted by Crippen LogP contribution is 2.18. The third-order valence-electron chi connectivity index (χ3n) is 3.01. The molecule has 0 spiro atoms. The Balaban J connectivity index is 2.89. The minimum Gasteiger partial charge on any atom is -0.0991 e. The highest BCUT2D eigenvalue weighted by Gasteiger charge is 2.02. The minimum atomic E-state index is 0.974. The molecule has 1 aromatic rings. The first kappa shape index (κ1) is 14.2. The lowest BCUT2D eigenvalue weighted by Crippen LogP contribution is -1.94. The second kappa shape index (κ2) is 7.50. The van der Waals surface area contributed by atoms with E-state index < -0.39 is 0 Å². The van der Waals surface area contributed by atoms with E-state index in [0.29, 0.717) is 0 Å². The summed E-state index contributed by atoms with van der Waals surface area (Å²) in [7, 11) is 0. The van der Waals surface area contributed by atoms with E-state index in [2.05, 4.69) is 51.3 Å². The first-order valence-electron chi connectivity index (χ1n) is 6.33. The normalized spacial score (nSPS) is 11.2. The molecule has 1 rings (SSSR count). The van der Waals surface area contributed by atoms with Crippen LogP contribution in [0.5, 0.6) is 0 Å². The van der Waals surface area contributed by atoms with E-state index in [1.807, 2.05) is 24.3 Å². The second-order valence-electron chi connectivity index (χ2n) is 4.44. The van der Waals surface area contributed by atoms with Crippen LogP contribution >= 0.6 is 0 Å². The fourth-order valence-corrected chi connectivity index (χ4v) is 1.96. The van der Waals surface area contributed by atoms with E-state index in [4.69, 9.17) is 0 Å². The first-order valence-corrected chi connectivity index (χ1v) is 6.33. The fourth-order valence-electron chi connectivity index (χ4n) is 1.96. The molecule has 0 nitrogen and oxygen atoms in total. The summed E-state index contributed by atoms with van der Waals surface area (Å²) in [5.74, 6) is 0. The van der Waals surface area contributed by atoms with Gasteiger partial charge in [-0.2, -0.15) is 0 Å². The highest BCUT2D eigenvalue weighted by atomic mass is 14.1. The number of hydrogen-bond acceptors (Lipinski definition) is 0. The van der Waals surface area contributed by atoms with Gasteiger partial charge in [0.15, 0.2) is 0 Å². The average Bonchev–Trinajstić information content (AvgIpc) is 2.35. The summed E-state index contributed by atoms with van der Waals surface area (Å²) in [5.41, 5.74) is 5.50. The van der Waals surface area contributed by atoms with Gasteiger partial charge in [-0.05, 0) is 48.9 Å². The minimum absolute atomic E-state index is 0.974. The Morgan fingerprint density at radius 3 is 1.56 bits per heavy atom. The number of aryl methyl sites for hydroxylation is 2. The van der Waals surface area contributed by atoms with Gasteiger partial charge in [-0.15, -0.1) is 0 Å². The zero-order chi connectivity index (χ0) is 13.4. The van der Waals surface area contributed by atoms with Gasteiger partial charge in [0.25, 0.3) is 0 Å². The molecule has 0 amide bonds. The van der Waals surface area contributed by atoms with E-state index in [1.54, 1.807) is 0 Å². The van der Waals surface area contributed by atoms with Crippen LogP contribution in [0.2, 0.25) is 0 Å². The van der Waals surface area contributed by atoms with Gasteiger partial charge in [0.2, 0.25) is 0 Å². The molecule has 0 aliphatic heterocycles.